The normalized spacial score (nSPS) is 16.0. The first-order chi connectivity index (χ1) is 11.9. The van der Waals surface area contributed by atoms with E-state index in [4.69, 9.17) is 12.2 Å². The highest BCUT2D eigenvalue weighted by Crippen LogP contribution is 2.32. The number of anilines is 1. The number of hydrogen-bond acceptors (Lipinski definition) is 3. The van der Waals surface area contributed by atoms with Crippen molar-refractivity contribution in [1.82, 2.24) is 10.9 Å². The molecule has 0 saturated heterocycles. The topological polar surface area (TPSA) is 53.2 Å². The third kappa shape index (κ3) is 4.35. The van der Waals surface area contributed by atoms with E-state index >= 15 is 0 Å². The van der Waals surface area contributed by atoms with Crippen LogP contribution in [0.4, 0.5) is 10.1 Å². The Bertz CT molecular complexity index is 819. The van der Waals surface area contributed by atoms with Crippen LogP contribution in [0.25, 0.3) is 0 Å². The molecule has 1 aromatic carbocycles. The van der Waals surface area contributed by atoms with Crippen LogP contribution < -0.4 is 16.2 Å². The maximum absolute atomic E-state index is 13.5. The van der Waals surface area contributed by atoms with Crippen LogP contribution in [-0.4, -0.2) is 11.0 Å². The average Bonchev–Trinajstić information content (AvgIpc) is 2.99. The molecule has 0 aliphatic heterocycles. The number of benzene rings is 1. The number of rotatable bonds is 2. The zero-order chi connectivity index (χ0) is 18.0. The second-order valence-electron chi connectivity index (χ2n) is 6.40. The maximum Gasteiger partial charge on any atom is 0.279 e. The van der Waals surface area contributed by atoms with Gasteiger partial charge in [0.05, 0.1) is 4.88 Å². The number of hydrogen-bond donors (Lipinski definition) is 3. The summed E-state index contributed by atoms with van der Waals surface area (Å²) in [5, 5.41) is 3.04. The van der Waals surface area contributed by atoms with Gasteiger partial charge in [0.25, 0.3) is 5.91 Å². The molecule has 132 valence electrons. The van der Waals surface area contributed by atoms with Crippen molar-refractivity contribution in [3.05, 3.63) is 51.0 Å². The van der Waals surface area contributed by atoms with Crippen molar-refractivity contribution in [3.63, 3.8) is 0 Å². The highest BCUT2D eigenvalue weighted by Gasteiger charge is 2.20. The Hall–Kier alpha value is -1.99. The molecule has 0 bridgehead atoms. The van der Waals surface area contributed by atoms with Crippen molar-refractivity contribution in [2.24, 2.45) is 5.92 Å². The standard InChI is InChI=1S/C18H20FN3OS2/c1-10-3-6-15-12(7-10)8-16(25-15)17(23)21-22-18(24)20-13-5-4-11(2)14(19)9-13/h4-5,8-10H,3,6-7H2,1-2H3,(H,21,23)(H2,20,22,24)/t10-/m0/s1. The number of amides is 1. The van der Waals surface area contributed by atoms with Crippen LogP contribution >= 0.6 is 23.6 Å². The molecule has 4 nitrogen and oxygen atoms in total. The lowest BCUT2D eigenvalue weighted by atomic mass is 9.90. The highest BCUT2D eigenvalue weighted by atomic mass is 32.1. The van der Waals surface area contributed by atoms with Gasteiger partial charge in [0.1, 0.15) is 5.82 Å². The maximum atomic E-state index is 13.5. The Balaban J connectivity index is 1.55. The number of thiophene rings is 1. The predicted octanol–water partition coefficient (Wildman–Crippen LogP) is 3.95. The Morgan fingerprint density at radius 2 is 2.12 bits per heavy atom. The number of carbonyl (C=O) groups excluding carboxylic acids is 1. The number of thiocarbonyl (C=S) groups is 1. The van der Waals surface area contributed by atoms with Gasteiger partial charge < -0.3 is 5.32 Å². The minimum Gasteiger partial charge on any atom is -0.331 e. The summed E-state index contributed by atoms with van der Waals surface area (Å²) >= 11 is 6.67. The lowest BCUT2D eigenvalue weighted by Gasteiger charge is -2.16. The fourth-order valence-corrected chi connectivity index (χ4v) is 4.10. The molecule has 0 radical (unpaired) electrons. The number of nitrogens with one attached hydrogen (secondary N) is 3. The number of halogens is 1. The first kappa shape index (κ1) is 17.8. The van der Waals surface area contributed by atoms with Crippen molar-refractivity contribution in [2.75, 3.05) is 5.32 Å². The zero-order valence-electron chi connectivity index (χ0n) is 14.1. The molecule has 3 N–H and O–H groups in total. The number of carbonyl (C=O) groups is 1. The van der Waals surface area contributed by atoms with Crippen molar-refractivity contribution in [1.29, 1.82) is 0 Å². The summed E-state index contributed by atoms with van der Waals surface area (Å²) in [6.07, 6.45) is 3.25. The minimum atomic E-state index is -0.310. The van der Waals surface area contributed by atoms with Crippen LogP contribution in [0.3, 0.4) is 0 Å². The van der Waals surface area contributed by atoms with E-state index < -0.39 is 0 Å². The molecule has 1 amide bonds. The number of hydrazine groups is 1. The van der Waals surface area contributed by atoms with Gasteiger partial charge in [0.2, 0.25) is 0 Å². The Labute approximate surface area is 155 Å². The Kier molecular flexibility index (Phi) is 5.34. The molecule has 1 aliphatic rings. The van der Waals surface area contributed by atoms with Crippen molar-refractivity contribution in [2.45, 2.75) is 33.1 Å². The van der Waals surface area contributed by atoms with Gasteiger partial charge in [-0.05, 0) is 73.6 Å². The van der Waals surface area contributed by atoms with Gasteiger partial charge in [0.15, 0.2) is 5.11 Å². The molecule has 0 saturated carbocycles. The van der Waals surface area contributed by atoms with Crippen LogP contribution in [-0.2, 0) is 12.8 Å². The number of aryl methyl sites for hydroxylation is 2. The molecular formula is C18H20FN3OS2. The predicted molar refractivity (Wildman–Crippen MR) is 103 cm³/mol. The number of fused-ring (bicyclic) bond motifs is 1. The lowest BCUT2D eigenvalue weighted by molar-refractivity contribution is 0.0948. The summed E-state index contributed by atoms with van der Waals surface area (Å²) in [6.45, 7) is 3.93. The molecule has 25 heavy (non-hydrogen) atoms. The lowest BCUT2D eigenvalue weighted by Crippen LogP contribution is -2.43. The molecule has 1 aliphatic carbocycles. The molecular weight excluding hydrogens is 357 g/mol. The summed E-state index contributed by atoms with van der Waals surface area (Å²) in [5.41, 5.74) is 7.62. The van der Waals surface area contributed by atoms with E-state index in [1.165, 1.54) is 34.3 Å². The molecule has 0 fully saturated rings. The van der Waals surface area contributed by atoms with E-state index in [1.54, 1.807) is 19.1 Å². The van der Waals surface area contributed by atoms with E-state index in [0.717, 1.165) is 12.8 Å². The summed E-state index contributed by atoms with van der Waals surface area (Å²) < 4.78 is 13.5. The summed E-state index contributed by atoms with van der Waals surface area (Å²) in [5.74, 6) is 0.143. The van der Waals surface area contributed by atoms with Gasteiger partial charge >= 0.3 is 0 Å². The first-order valence-electron chi connectivity index (χ1n) is 8.17. The van der Waals surface area contributed by atoms with Crippen LogP contribution in [0.5, 0.6) is 0 Å². The fraction of sp³-hybridized carbons (Fsp3) is 0.333. The van der Waals surface area contributed by atoms with E-state index in [2.05, 4.69) is 23.1 Å². The third-order valence-electron chi connectivity index (χ3n) is 4.27. The second-order valence-corrected chi connectivity index (χ2v) is 7.95. The highest BCUT2D eigenvalue weighted by molar-refractivity contribution is 7.80. The average molecular weight is 378 g/mol. The molecule has 3 rings (SSSR count). The summed E-state index contributed by atoms with van der Waals surface area (Å²) in [4.78, 5) is 14.3. The third-order valence-corrected chi connectivity index (χ3v) is 5.71. The first-order valence-corrected chi connectivity index (χ1v) is 9.40. The quantitative estimate of drug-likeness (QED) is 0.548. The molecule has 1 atom stereocenters. The van der Waals surface area contributed by atoms with Crippen molar-refractivity contribution in [3.8, 4) is 0 Å². The van der Waals surface area contributed by atoms with Gasteiger partial charge in [-0.3, -0.25) is 15.6 Å². The van der Waals surface area contributed by atoms with Crippen LogP contribution in [0, 0.1) is 18.7 Å². The molecule has 1 aromatic heterocycles. The molecule has 2 aromatic rings. The van der Waals surface area contributed by atoms with Gasteiger partial charge in [-0.2, -0.15) is 0 Å². The van der Waals surface area contributed by atoms with Gasteiger partial charge in [-0.25, -0.2) is 4.39 Å². The fourth-order valence-electron chi connectivity index (χ4n) is 2.83. The second kappa shape index (κ2) is 7.49. The van der Waals surface area contributed by atoms with Gasteiger partial charge in [0, 0.05) is 10.6 Å². The van der Waals surface area contributed by atoms with Gasteiger partial charge in [-0.1, -0.05) is 13.0 Å². The Morgan fingerprint density at radius 3 is 2.88 bits per heavy atom. The summed E-state index contributed by atoms with van der Waals surface area (Å²) in [7, 11) is 0. The minimum absolute atomic E-state index is 0.201. The van der Waals surface area contributed by atoms with E-state index in [0.29, 0.717) is 22.0 Å². The van der Waals surface area contributed by atoms with Crippen molar-refractivity contribution >= 4 is 40.3 Å². The largest absolute Gasteiger partial charge is 0.331 e. The van der Waals surface area contributed by atoms with E-state index in [-0.39, 0.29) is 16.8 Å². The smallest absolute Gasteiger partial charge is 0.279 e. The monoisotopic (exact) mass is 377 g/mol. The molecule has 7 heteroatoms. The van der Waals surface area contributed by atoms with Gasteiger partial charge in [-0.15, -0.1) is 11.3 Å². The molecule has 1 heterocycles. The van der Waals surface area contributed by atoms with Crippen LogP contribution in [0.1, 0.15) is 39.0 Å². The van der Waals surface area contributed by atoms with Crippen LogP contribution in [0.15, 0.2) is 24.3 Å². The Morgan fingerprint density at radius 1 is 1.32 bits per heavy atom. The van der Waals surface area contributed by atoms with E-state index in [1.807, 2.05) is 6.07 Å². The van der Waals surface area contributed by atoms with Crippen LogP contribution in [0.2, 0.25) is 0 Å². The van der Waals surface area contributed by atoms with E-state index in [9.17, 15) is 9.18 Å². The SMILES string of the molecule is Cc1ccc(NC(=S)NNC(=O)c2cc3c(s2)CC[C@H](C)C3)cc1F. The van der Waals surface area contributed by atoms with Crippen molar-refractivity contribution < 1.29 is 9.18 Å². The summed E-state index contributed by atoms with van der Waals surface area (Å²) in [6, 6.07) is 6.72. The molecule has 0 spiro atoms. The zero-order valence-corrected chi connectivity index (χ0v) is 15.7. The molecule has 0 unspecified atom stereocenters.